The van der Waals surface area contributed by atoms with E-state index in [4.69, 9.17) is 14.5 Å². The van der Waals surface area contributed by atoms with E-state index in [0.717, 1.165) is 21.6 Å². The van der Waals surface area contributed by atoms with Crippen molar-refractivity contribution in [3.05, 3.63) is 51.8 Å². The molecule has 0 amide bonds. The molecule has 0 unspecified atom stereocenters. The van der Waals surface area contributed by atoms with E-state index >= 15 is 4.39 Å². The third-order valence-corrected chi connectivity index (χ3v) is 9.85. The van der Waals surface area contributed by atoms with Crippen LogP contribution in [0.4, 0.5) is 4.39 Å². The Bertz CT molecular complexity index is 1530. The lowest BCUT2D eigenvalue weighted by molar-refractivity contribution is 0.0541. The molecule has 12 heteroatoms. The third kappa shape index (κ3) is 5.39. The third-order valence-electron chi connectivity index (χ3n) is 7.35. The van der Waals surface area contributed by atoms with Crippen molar-refractivity contribution in [2.45, 2.75) is 58.2 Å². The van der Waals surface area contributed by atoms with Gasteiger partial charge in [0, 0.05) is 44.8 Å². The normalized spacial score (nSPS) is 15.8. The minimum absolute atomic E-state index is 0.0432. The Kier molecular flexibility index (Phi) is 7.91. The van der Waals surface area contributed by atoms with E-state index in [9.17, 15) is 9.90 Å². The minimum Gasteiger partial charge on any atom is -0.476 e. The number of nitrogens with zero attached hydrogens (tertiary/aromatic N) is 5. The number of pyridine rings is 2. The zero-order chi connectivity index (χ0) is 27.9. The second kappa shape index (κ2) is 11.1. The van der Waals surface area contributed by atoms with Crippen molar-refractivity contribution in [3.63, 3.8) is 0 Å². The molecular formula is C27H33BrFN5O4Si. The summed E-state index contributed by atoms with van der Waals surface area (Å²) in [5.41, 5.74) is 3.26. The number of carboxylic acid groups (broad SMARTS) is 1. The first-order chi connectivity index (χ1) is 18.6. The Morgan fingerprint density at radius 1 is 1.26 bits per heavy atom. The summed E-state index contributed by atoms with van der Waals surface area (Å²) in [6.45, 7) is 10.5. The highest BCUT2D eigenvalue weighted by Crippen LogP contribution is 2.43. The largest absolute Gasteiger partial charge is 0.476 e. The maximum absolute atomic E-state index is 15.4. The quantitative estimate of drug-likeness (QED) is 0.181. The fraction of sp³-hybridized carbons (Fsp3) is 0.481. The average molecular weight is 619 g/mol. The van der Waals surface area contributed by atoms with Gasteiger partial charge in [0.25, 0.3) is 0 Å². The number of aryl methyl sites for hydroxylation is 1. The molecule has 0 radical (unpaired) electrons. The number of halogens is 2. The first-order valence-electron chi connectivity index (χ1n) is 13.1. The summed E-state index contributed by atoms with van der Waals surface area (Å²) in [4.78, 5) is 21.8. The van der Waals surface area contributed by atoms with Gasteiger partial charge < -0.3 is 19.1 Å². The highest BCUT2D eigenvalue weighted by Gasteiger charge is 2.36. The standard InChI is InChI=1S/C27H33BrFN5O4Si/c1-16-18(28)14-31-21-23(16)34(24(17-7-10-37-11-8-17)20-19(29)6-5-9-30-20)26-22(27(35)36)32-33(25(21)26)15-38-12-13-39(2,3)4/h5-6,9,14,17,24H,7-8,10-13,15H2,1-4H3,(H,35,36)/t24-/m0/s1. The van der Waals surface area contributed by atoms with Crippen molar-refractivity contribution in [2.75, 3.05) is 19.8 Å². The fourth-order valence-electron chi connectivity index (χ4n) is 5.31. The summed E-state index contributed by atoms with van der Waals surface area (Å²) in [5, 5.41) is 14.8. The van der Waals surface area contributed by atoms with E-state index in [-0.39, 0.29) is 24.0 Å². The van der Waals surface area contributed by atoms with Crippen LogP contribution in [0.3, 0.4) is 0 Å². The number of ether oxygens (including phenoxy) is 2. The van der Waals surface area contributed by atoms with Crippen molar-refractivity contribution in [1.29, 1.82) is 0 Å². The van der Waals surface area contributed by atoms with E-state index in [1.165, 1.54) is 6.07 Å². The number of rotatable bonds is 9. The first-order valence-corrected chi connectivity index (χ1v) is 17.6. The van der Waals surface area contributed by atoms with Crippen LogP contribution in [-0.2, 0) is 16.2 Å². The molecule has 1 saturated heterocycles. The molecule has 1 atom stereocenters. The van der Waals surface area contributed by atoms with E-state index < -0.39 is 25.9 Å². The van der Waals surface area contributed by atoms with Gasteiger partial charge in [-0.25, -0.2) is 13.9 Å². The van der Waals surface area contributed by atoms with E-state index in [1.54, 1.807) is 23.1 Å². The molecule has 208 valence electrons. The monoisotopic (exact) mass is 617 g/mol. The van der Waals surface area contributed by atoms with Crippen LogP contribution in [0, 0.1) is 18.7 Å². The predicted molar refractivity (Wildman–Crippen MR) is 152 cm³/mol. The first kappa shape index (κ1) is 27.9. The minimum atomic E-state index is -1.32. The number of hydrogen-bond acceptors (Lipinski definition) is 6. The molecule has 0 saturated carbocycles. The Balaban J connectivity index is 1.79. The van der Waals surface area contributed by atoms with E-state index in [1.807, 2.05) is 11.5 Å². The zero-order valence-electron chi connectivity index (χ0n) is 22.6. The number of hydrogen-bond donors (Lipinski definition) is 1. The number of carboxylic acids is 1. The van der Waals surface area contributed by atoms with Gasteiger partial charge in [0.1, 0.15) is 29.1 Å². The second-order valence-corrected chi connectivity index (χ2v) is 17.7. The highest BCUT2D eigenvalue weighted by molar-refractivity contribution is 9.10. The van der Waals surface area contributed by atoms with Crippen LogP contribution < -0.4 is 0 Å². The van der Waals surface area contributed by atoms with Crippen LogP contribution in [-0.4, -0.2) is 63.3 Å². The van der Waals surface area contributed by atoms with Crippen LogP contribution in [0.15, 0.2) is 29.0 Å². The number of fused-ring (bicyclic) bond motifs is 3. The average Bonchev–Trinajstić information content (AvgIpc) is 3.42. The highest BCUT2D eigenvalue weighted by atomic mass is 79.9. The van der Waals surface area contributed by atoms with Crippen LogP contribution in [0.2, 0.25) is 25.7 Å². The topological polar surface area (TPSA) is 104 Å². The van der Waals surface area contributed by atoms with Gasteiger partial charge in [-0.2, -0.15) is 5.10 Å². The molecule has 1 fully saturated rings. The molecule has 9 nitrogen and oxygen atoms in total. The summed E-state index contributed by atoms with van der Waals surface area (Å²) in [6.07, 6.45) is 4.63. The van der Waals surface area contributed by atoms with E-state index in [0.29, 0.717) is 49.2 Å². The number of aromatic carboxylic acids is 1. The van der Waals surface area contributed by atoms with Crippen LogP contribution >= 0.6 is 15.9 Å². The molecule has 0 bridgehead atoms. The van der Waals surface area contributed by atoms with Crippen molar-refractivity contribution in [3.8, 4) is 0 Å². The van der Waals surface area contributed by atoms with Crippen LogP contribution in [0.25, 0.3) is 22.1 Å². The van der Waals surface area contributed by atoms with Gasteiger partial charge in [-0.3, -0.25) is 9.97 Å². The maximum Gasteiger partial charge on any atom is 0.358 e. The van der Waals surface area contributed by atoms with Gasteiger partial charge in [0.15, 0.2) is 5.69 Å². The lowest BCUT2D eigenvalue weighted by atomic mass is 9.88. The molecule has 1 aliphatic heterocycles. The summed E-state index contributed by atoms with van der Waals surface area (Å²) in [5.74, 6) is -1.66. The molecule has 4 aromatic heterocycles. The summed E-state index contributed by atoms with van der Waals surface area (Å²) in [6, 6.07) is 3.34. The van der Waals surface area contributed by atoms with Gasteiger partial charge in [0.05, 0.1) is 17.3 Å². The van der Waals surface area contributed by atoms with Gasteiger partial charge in [-0.15, -0.1) is 0 Å². The van der Waals surface area contributed by atoms with E-state index in [2.05, 4.69) is 45.7 Å². The van der Waals surface area contributed by atoms with Crippen molar-refractivity contribution >= 4 is 52.0 Å². The Morgan fingerprint density at radius 2 is 2.00 bits per heavy atom. The fourth-order valence-corrected chi connectivity index (χ4v) is 6.36. The SMILES string of the molecule is Cc1c(Br)cnc2c3c(c(C(=O)O)nn3COCC[Si](C)(C)C)n([C@H](c3ncccc3F)C3CCOCC3)c12. The van der Waals surface area contributed by atoms with Crippen molar-refractivity contribution in [1.82, 2.24) is 24.3 Å². The lowest BCUT2D eigenvalue weighted by Crippen LogP contribution is -2.28. The molecular weight excluding hydrogens is 585 g/mol. The molecule has 0 aliphatic carbocycles. The Morgan fingerprint density at radius 3 is 2.67 bits per heavy atom. The van der Waals surface area contributed by atoms with Gasteiger partial charge >= 0.3 is 5.97 Å². The lowest BCUT2D eigenvalue weighted by Gasteiger charge is -2.32. The molecule has 1 N–H and O–H groups in total. The molecule has 39 heavy (non-hydrogen) atoms. The van der Waals surface area contributed by atoms with Gasteiger partial charge in [-0.1, -0.05) is 19.6 Å². The molecule has 0 aromatic carbocycles. The number of carbonyl (C=O) groups is 1. The Labute approximate surface area is 235 Å². The smallest absolute Gasteiger partial charge is 0.358 e. The maximum atomic E-state index is 15.4. The van der Waals surface area contributed by atoms with Gasteiger partial charge in [0.2, 0.25) is 0 Å². The molecule has 4 aromatic rings. The van der Waals surface area contributed by atoms with Crippen LogP contribution in [0.5, 0.6) is 0 Å². The molecule has 1 aliphatic rings. The van der Waals surface area contributed by atoms with Crippen molar-refractivity contribution in [2.24, 2.45) is 5.92 Å². The summed E-state index contributed by atoms with van der Waals surface area (Å²) < 4.78 is 31.3. The number of aromatic nitrogens is 5. The molecule has 0 spiro atoms. The Hall–Kier alpha value is -2.67. The second-order valence-electron chi connectivity index (χ2n) is 11.3. The van der Waals surface area contributed by atoms with Crippen molar-refractivity contribution < 1.29 is 23.8 Å². The summed E-state index contributed by atoms with van der Waals surface area (Å²) >= 11 is 3.60. The van der Waals surface area contributed by atoms with Crippen LogP contribution in [0.1, 0.15) is 40.6 Å². The predicted octanol–water partition coefficient (Wildman–Crippen LogP) is 6.02. The molecule has 5 rings (SSSR count). The summed E-state index contributed by atoms with van der Waals surface area (Å²) in [7, 11) is -1.32. The zero-order valence-corrected chi connectivity index (χ0v) is 25.2. The molecule has 5 heterocycles. The van der Waals surface area contributed by atoms with Gasteiger partial charge in [-0.05, 0) is 65.4 Å².